The summed E-state index contributed by atoms with van der Waals surface area (Å²) in [7, 11) is 0. The lowest BCUT2D eigenvalue weighted by atomic mass is 9.98. The van der Waals surface area contributed by atoms with E-state index in [4.69, 9.17) is 15.5 Å². The average Bonchev–Trinajstić information content (AvgIpc) is 3.43. The Bertz CT molecular complexity index is 1330. The van der Waals surface area contributed by atoms with Crippen LogP contribution in [0.25, 0.3) is 5.65 Å². The van der Waals surface area contributed by atoms with E-state index in [0.717, 1.165) is 49.3 Å². The topological polar surface area (TPSA) is 115 Å². The second kappa shape index (κ2) is 8.88. The van der Waals surface area contributed by atoms with E-state index >= 15 is 0 Å². The first-order chi connectivity index (χ1) is 16.3. The molecule has 2 saturated heterocycles. The monoisotopic (exact) mass is 484 g/mol. The van der Waals surface area contributed by atoms with Crippen molar-refractivity contribution in [3.63, 3.8) is 0 Å². The van der Waals surface area contributed by atoms with Gasteiger partial charge in [0.15, 0.2) is 16.7 Å². The van der Waals surface area contributed by atoms with Crippen LogP contribution < -0.4 is 4.90 Å². The molecule has 2 N–H and O–H groups in total. The maximum Gasteiger partial charge on any atom is 0.257 e. The van der Waals surface area contributed by atoms with Crippen molar-refractivity contribution >= 4 is 34.2 Å². The van der Waals surface area contributed by atoms with Gasteiger partial charge in [-0.3, -0.25) is 4.79 Å². The molecule has 2 fully saturated rings. The molecule has 2 aromatic heterocycles. The number of nitrogens with one attached hydrogen (secondary N) is 1. The van der Waals surface area contributed by atoms with E-state index in [2.05, 4.69) is 4.90 Å². The van der Waals surface area contributed by atoms with E-state index in [9.17, 15) is 17.9 Å². The van der Waals surface area contributed by atoms with Crippen LogP contribution in [0.1, 0.15) is 53.3 Å². The van der Waals surface area contributed by atoms with Gasteiger partial charge in [-0.15, -0.1) is 0 Å². The zero-order valence-electron chi connectivity index (χ0n) is 18.7. The number of likely N-dealkylation sites (tertiary alicyclic amines) is 1. The number of aromatic nitrogens is 3. The summed E-state index contributed by atoms with van der Waals surface area (Å²) in [5.74, 6) is -0.419. The molecule has 9 nitrogen and oxygen atoms in total. The SMILES string of the molecule is Cc1cn2nc([C@@H]3CCCCN3C(=O)c3cc(S(=O)O)ccc3F)cc2nc1N1CCC(=N)C1. The number of amides is 1. The van der Waals surface area contributed by atoms with Crippen LogP contribution in [-0.2, 0) is 11.1 Å². The summed E-state index contributed by atoms with van der Waals surface area (Å²) < 4.78 is 37.0. The number of carbonyl (C=O) groups is 1. The van der Waals surface area contributed by atoms with Gasteiger partial charge in [0, 0.05) is 43.0 Å². The summed E-state index contributed by atoms with van der Waals surface area (Å²) in [6.07, 6.45) is 5.00. The first kappa shape index (κ1) is 22.6. The Morgan fingerprint density at radius 2 is 2.09 bits per heavy atom. The molecule has 1 unspecified atom stereocenters. The highest BCUT2D eigenvalue weighted by atomic mass is 32.2. The summed E-state index contributed by atoms with van der Waals surface area (Å²) in [6.45, 7) is 3.73. The Hall–Kier alpha value is -3.18. The number of carbonyl (C=O) groups excluding carboxylic acids is 1. The van der Waals surface area contributed by atoms with Crippen molar-refractivity contribution in [1.29, 1.82) is 5.41 Å². The number of piperidine rings is 1. The molecule has 3 aromatic rings. The Kier molecular flexibility index (Phi) is 5.90. The van der Waals surface area contributed by atoms with Crippen LogP contribution in [0.5, 0.6) is 0 Å². The van der Waals surface area contributed by atoms with Gasteiger partial charge in [0.05, 0.1) is 28.7 Å². The number of hydrogen-bond acceptors (Lipinski definition) is 6. The van der Waals surface area contributed by atoms with Gasteiger partial charge in [-0.05, 0) is 44.4 Å². The van der Waals surface area contributed by atoms with Crippen LogP contribution in [-0.4, -0.2) is 59.5 Å². The normalized spacial score (nSPS) is 19.7. The summed E-state index contributed by atoms with van der Waals surface area (Å²) in [6, 6.07) is 4.90. The quantitative estimate of drug-likeness (QED) is 0.549. The molecular weight excluding hydrogens is 459 g/mol. The van der Waals surface area contributed by atoms with Crippen molar-refractivity contribution < 1.29 is 17.9 Å². The van der Waals surface area contributed by atoms with Crippen LogP contribution in [0.2, 0.25) is 0 Å². The van der Waals surface area contributed by atoms with Crippen molar-refractivity contribution in [2.45, 2.75) is 43.5 Å². The Balaban J connectivity index is 1.49. The number of halogens is 1. The number of nitrogens with zero attached hydrogens (tertiary/aromatic N) is 5. The molecule has 2 aliphatic rings. The highest BCUT2D eigenvalue weighted by Gasteiger charge is 2.32. The first-order valence-electron chi connectivity index (χ1n) is 11.2. The van der Waals surface area contributed by atoms with Gasteiger partial charge in [0.25, 0.3) is 5.91 Å². The van der Waals surface area contributed by atoms with Crippen molar-refractivity contribution in [2.75, 3.05) is 24.5 Å². The van der Waals surface area contributed by atoms with Crippen LogP contribution >= 0.6 is 0 Å². The number of rotatable bonds is 4. The van der Waals surface area contributed by atoms with Gasteiger partial charge in [-0.1, -0.05) is 0 Å². The molecule has 11 heteroatoms. The van der Waals surface area contributed by atoms with Gasteiger partial charge in [-0.2, -0.15) is 5.10 Å². The molecule has 1 amide bonds. The summed E-state index contributed by atoms with van der Waals surface area (Å²) in [5.41, 5.74) is 2.74. The van der Waals surface area contributed by atoms with Gasteiger partial charge < -0.3 is 19.8 Å². The highest BCUT2D eigenvalue weighted by molar-refractivity contribution is 7.79. The number of aryl methyl sites for hydroxylation is 1. The number of hydrogen-bond donors (Lipinski definition) is 2. The first-order valence-corrected chi connectivity index (χ1v) is 12.3. The van der Waals surface area contributed by atoms with Crippen LogP contribution in [0.3, 0.4) is 0 Å². The molecule has 178 valence electrons. The predicted molar refractivity (Wildman–Crippen MR) is 125 cm³/mol. The zero-order chi connectivity index (χ0) is 24.0. The largest absolute Gasteiger partial charge is 0.350 e. The highest BCUT2D eigenvalue weighted by Crippen LogP contribution is 2.33. The standard InChI is InChI=1S/C23H25FN6O3S/c1-14-12-30-21(26-22(14)28-9-7-15(25)13-28)11-19(27-30)20-4-2-3-8-29(20)23(31)17-10-16(34(32)33)5-6-18(17)24/h5-6,10-12,20,25H,2-4,7-9,13H2,1H3,(H,32,33)/t20-/m0/s1. The second-order valence-corrected chi connectivity index (χ2v) is 9.77. The van der Waals surface area contributed by atoms with Crippen LogP contribution in [0.4, 0.5) is 10.2 Å². The third-order valence-corrected chi connectivity index (χ3v) is 7.12. The molecule has 34 heavy (non-hydrogen) atoms. The van der Waals surface area contributed by atoms with E-state index in [-0.39, 0.29) is 16.5 Å². The van der Waals surface area contributed by atoms with Crippen molar-refractivity contribution in [3.8, 4) is 0 Å². The van der Waals surface area contributed by atoms with Gasteiger partial charge in [0.2, 0.25) is 0 Å². The lowest BCUT2D eigenvalue weighted by molar-refractivity contribution is 0.0600. The second-order valence-electron chi connectivity index (χ2n) is 8.80. The molecule has 4 heterocycles. The summed E-state index contributed by atoms with van der Waals surface area (Å²) in [4.78, 5) is 21.8. The smallest absolute Gasteiger partial charge is 0.257 e. The molecule has 0 spiro atoms. The van der Waals surface area contributed by atoms with Crippen molar-refractivity contribution in [2.24, 2.45) is 0 Å². The van der Waals surface area contributed by atoms with E-state index in [0.29, 0.717) is 36.6 Å². The van der Waals surface area contributed by atoms with Crippen LogP contribution in [0.15, 0.2) is 35.4 Å². The Morgan fingerprint density at radius 1 is 1.26 bits per heavy atom. The molecule has 5 rings (SSSR count). The third-order valence-electron chi connectivity index (χ3n) is 6.46. The van der Waals surface area contributed by atoms with E-state index in [1.165, 1.54) is 6.07 Å². The number of benzene rings is 1. The molecule has 0 radical (unpaired) electrons. The van der Waals surface area contributed by atoms with Gasteiger partial charge in [0.1, 0.15) is 11.6 Å². The lowest BCUT2D eigenvalue weighted by Crippen LogP contribution is -2.39. The van der Waals surface area contributed by atoms with Crippen molar-refractivity contribution in [3.05, 3.63) is 53.1 Å². The molecule has 0 saturated carbocycles. The van der Waals surface area contributed by atoms with E-state index in [1.807, 2.05) is 19.2 Å². The lowest BCUT2D eigenvalue weighted by Gasteiger charge is -2.34. The fourth-order valence-corrected chi connectivity index (χ4v) is 5.16. The van der Waals surface area contributed by atoms with Crippen LogP contribution in [0, 0.1) is 18.2 Å². The van der Waals surface area contributed by atoms with E-state index in [1.54, 1.807) is 9.42 Å². The third kappa shape index (κ3) is 4.09. The Morgan fingerprint density at radius 3 is 2.82 bits per heavy atom. The molecule has 0 aliphatic carbocycles. The molecule has 0 bridgehead atoms. The predicted octanol–water partition coefficient (Wildman–Crippen LogP) is 3.35. The number of fused-ring (bicyclic) bond motifs is 1. The maximum atomic E-state index is 14.5. The van der Waals surface area contributed by atoms with Gasteiger partial charge >= 0.3 is 0 Å². The van der Waals surface area contributed by atoms with E-state index < -0.39 is 22.8 Å². The molecule has 2 aliphatic heterocycles. The summed E-state index contributed by atoms with van der Waals surface area (Å²) in [5, 5.41) is 12.6. The zero-order valence-corrected chi connectivity index (χ0v) is 19.5. The molecule has 1 aromatic carbocycles. The molecular formula is C23H25FN6O3S. The Labute approximate surface area is 198 Å². The fraction of sp³-hybridized carbons (Fsp3) is 0.391. The minimum Gasteiger partial charge on any atom is -0.350 e. The molecule has 2 atom stereocenters. The van der Waals surface area contributed by atoms with Gasteiger partial charge in [-0.25, -0.2) is 18.1 Å². The summed E-state index contributed by atoms with van der Waals surface area (Å²) >= 11 is -2.31. The minimum absolute atomic E-state index is 0.0201. The fourth-order valence-electron chi connectivity index (χ4n) is 4.76. The number of anilines is 1. The van der Waals surface area contributed by atoms with Crippen molar-refractivity contribution in [1.82, 2.24) is 19.5 Å². The minimum atomic E-state index is -2.31. The average molecular weight is 485 g/mol. The maximum absolute atomic E-state index is 14.5.